The third-order valence-electron chi connectivity index (χ3n) is 3.10. The normalized spacial score (nSPS) is 10.4. The monoisotopic (exact) mass is 286 g/mol. The van der Waals surface area contributed by atoms with Gasteiger partial charge >= 0.3 is 0 Å². The predicted octanol–water partition coefficient (Wildman–Crippen LogP) is 3.15. The Morgan fingerprint density at radius 1 is 1.19 bits per heavy atom. The lowest BCUT2D eigenvalue weighted by molar-refractivity contribution is 0.210. The minimum Gasteiger partial charge on any atom is -0.383 e. The highest BCUT2D eigenvalue weighted by molar-refractivity contribution is 5.61. The van der Waals surface area contributed by atoms with Gasteiger partial charge in [0, 0.05) is 31.1 Å². The second-order valence-corrected chi connectivity index (χ2v) is 4.77. The molecule has 21 heavy (non-hydrogen) atoms. The van der Waals surface area contributed by atoms with E-state index in [1.54, 1.807) is 7.11 Å². The first-order valence-corrected chi connectivity index (χ1v) is 7.16. The highest BCUT2D eigenvalue weighted by Crippen LogP contribution is 2.21. The number of aryl methyl sites for hydroxylation is 2. The van der Waals surface area contributed by atoms with E-state index >= 15 is 0 Å². The molecule has 0 fully saturated rings. The summed E-state index contributed by atoms with van der Waals surface area (Å²) in [5, 5.41) is 6.53. The summed E-state index contributed by atoms with van der Waals surface area (Å²) in [5.41, 5.74) is 3.27. The molecule has 0 saturated heterocycles. The molecule has 0 aliphatic carbocycles. The second-order valence-electron chi connectivity index (χ2n) is 4.77. The van der Waals surface area contributed by atoms with Gasteiger partial charge in [-0.05, 0) is 25.0 Å². The van der Waals surface area contributed by atoms with Crippen molar-refractivity contribution in [3.05, 3.63) is 41.6 Å². The van der Waals surface area contributed by atoms with Crippen molar-refractivity contribution in [1.29, 1.82) is 0 Å². The van der Waals surface area contributed by atoms with Gasteiger partial charge in [-0.15, -0.1) is 0 Å². The number of methoxy groups -OCH3 is 1. The van der Waals surface area contributed by atoms with Crippen LogP contribution in [-0.4, -0.2) is 30.2 Å². The fourth-order valence-electron chi connectivity index (χ4n) is 2.07. The van der Waals surface area contributed by atoms with Crippen LogP contribution in [0.15, 0.2) is 30.3 Å². The van der Waals surface area contributed by atoms with Crippen molar-refractivity contribution < 1.29 is 4.74 Å². The van der Waals surface area contributed by atoms with Crippen LogP contribution < -0.4 is 10.6 Å². The van der Waals surface area contributed by atoms with Crippen LogP contribution in [0.2, 0.25) is 0 Å². The van der Waals surface area contributed by atoms with Gasteiger partial charge in [0.05, 0.1) is 6.61 Å². The third kappa shape index (κ3) is 4.43. The lowest BCUT2D eigenvalue weighted by atomic mass is 10.1. The van der Waals surface area contributed by atoms with Crippen LogP contribution in [0.4, 0.5) is 17.5 Å². The van der Waals surface area contributed by atoms with Crippen LogP contribution in [0.3, 0.4) is 0 Å². The quantitative estimate of drug-likeness (QED) is 0.766. The van der Waals surface area contributed by atoms with Crippen molar-refractivity contribution in [2.45, 2.75) is 20.3 Å². The van der Waals surface area contributed by atoms with E-state index in [1.807, 2.05) is 25.1 Å². The number of rotatable bonds is 7. The molecular formula is C16H22N4O. The molecule has 1 heterocycles. The van der Waals surface area contributed by atoms with Gasteiger partial charge in [0.1, 0.15) is 5.82 Å². The molecule has 0 saturated carbocycles. The summed E-state index contributed by atoms with van der Waals surface area (Å²) in [6.45, 7) is 5.41. The largest absolute Gasteiger partial charge is 0.383 e. The highest BCUT2D eigenvalue weighted by atomic mass is 16.5. The van der Waals surface area contributed by atoms with Gasteiger partial charge in [-0.3, -0.25) is 0 Å². The van der Waals surface area contributed by atoms with E-state index in [0.717, 1.165) is 23.6 Å². The molecule has 2 rings (SSSR count). The predicted molar refractivity (Wildman–Crippen MR) is 86.2 cm³/mol. The Bertz CT molecular complexity index is 586. The van der Waals surface area contributed by atoms with Gasteiger partial charge in [0.15, 0.2) is 0 Å². The number of anilines is 3. The van der Waals surface area contributed by atoms with Crippen molar-refractivity contribution in [3.63, 3.8) is 0 Å². The maximum Gasteiger partial charge on any atom is 0.224 e. The molecule has 0 atom stereocenters. The number of para-hydroxylation sites is 1. The topological polar surface area (TPSA) is 59.1 Å². The maximum atomic E-state index is 5.02. The summed E-state index contributed by atoms with van der Waals surface area (Å²) in [6.07, 6.45) is 0.978. The number of benzene rings is 1. The highest BCUT2D eigenvalue weighted by Gasteiger charge is 2.04. The van der Waals surface area contributed by atoms with E-state index in [9.17, 15) is 0 Å². The molecule has 5 heteroatoms. The minimum atomic E-state index is 0.614. The molecule has 2 N–H and O–H groups in total. The molecule has 0 aliphatic rings. The third-order valence-corrected chi connectivity index (χ3v) is 3.10. The summed E-state index contributed by atoms with van der Waals surface area (Å²) < 4.78 is 5.02. The lowest BCUT2D eigenvalue weighted by Crippen LogP contribution is -2.11. The van der Waals surface area contributed by atoms with E-state index < -0.39 is 0 Å². The fraction of sp³-hybridized carbons (Fsp3) is 0.375. The van der Waals surface area contributed by atoms with Crippen LogP contribution >= 0.6 is 0 Å². The molecule has 0 spiro atoms. The first-order valence-electron chi connectivity index (χ1n) is 7.16. The summed E-state index contributed by atoms with van der Waals surface area (Å²) in [6, 6.07) is 10.2. The lowest BCUT2D eigenvalue weighted by Gasteiger charge is -2.12. The van der Waals surface area contributed by atoms with Crippen LogP contribution in [-0.2, 0) is 11.2 Å². The SMILES string of the molecule is CCc1ccccc1Nc1cc(C)nc(NCCOC)n1. The van der Waals surface area contributed by atoms with Crippen LogP contribution in [0.5, 0.6) is 0 Å². The Morgan fingerprint density at radius 3 is 2.76 bits per heavy atom. The zero-order valence-electron chi connectivity index (χ0n) is 12.8. The molecule has 0 unspecified atom stereocenters. The number of hydrogen-bond acceptors (Lipinski definition) is 5. The van der Waals surface area contributed by atoms with Crippen molar-refractivity contribution >= 4 is 17.5 Å². The number of ether oxygens (including phenoxy) is 1. The smallest absolute Gasteiger partial charge is 0.224 e. The van der Waals surface area contributed by atoms with Crippen molar-refractivity contribution in [2.75, 3.05) is 30.9 Å². The molecule has 2 aromatic rings. The van der Waals surface area contributed by atoms with Crippen molar-refractivity contribution in [2.24, 2.45) is 0 Å². The van der Waals surface area contributed by atoms with Crippen LogP contribution in [0.1, 0.15) is 18.2 Å². The zero-order chi connectivity index (χ0) is 15.1. The first kappa shape index (κ1) is 15.3. The van der Waals surface area contributed by atoms with Gasteiger partial charge in [0.2, 0.25) is 5.95 Å². The first-order chi connectivity index (χ1) is 10.2. The number of nitrogens with one attached hydrogen (secondary N) is 2. The number of hydrogen-bond donors (Lipinski definition) is 2. The van der Waals surface area contributed by atoms with Gasteiger partial charge in [-0.2, -0.15) is 4.98 Å². The molecule has 0 radical (unpaired) electrons. The standard InChI is InChI=1S/C16H22N4O/c1-4-13-7-5-6-8-14(13)19-15-11-12(2)18-16(20-15)17-9-10-21-3/h5-8,11H,4,9-10H2,1-3H3,(H2,17,18,19,20). The summed E-state index contributed by atoms with van der Waals surface area (Å²) in [5.74, 6) is 1.41. The van der Waals surface area contributed by atoms with E-state index in [4.69, 9.17) is 4.74 Å². The second kappa shape index (κ2) is 7.59. The summed E-state index contributed by atoms with van der Waals surface area (Å²) in [7, 11) is 1.67. The fourth-order valence-corrected chi connectivity index (χ4v) is 2.07. The Kier molecular flexibility index (Phi) is 5.51. The number of aromatic nitrogens is 2. The maximum absolute atomic E-state index is 5.02. The Hall–Kier alpha value is -2.14. The summed E-state index contributed by atoms with van der Waals surface area (Å²) >= 11 is 0. The number of nitrogens with zero attached hydrogens (tertiary/aromatic N) is 2. The molecule has 112 valence electrons. The van der Waals surface area contributed by atoms with Crippen LogP contribution in [0, 0.1) is 6.92 Å². The van der Waals surface area contributed by atoms with Crippen molar-refractivity contribution in [3.8, 4) is 0 Å². The molecule has 0 aliphatic heterocycles. The molecule has 5 nitrogen and oxygen atoms in total. The summed E-state index contributed by atoms with van der Waals surface area (Å²) in [4.78, 5) is 8.86. The Balaban J connectivity index is 2.15. The molecule has 1 aromatic carbocycles. The minimum absolute atomic E-state index is 0.614. The van der Waals surface area contributed by atoms with E-state index in [-0.39, 0.29) is 0 Å². The van der Waals surface area contributed by atoms with Gasteiger partial charge in [0.25, 0.3) is 0 Å². The molecule has 0 bridgehead atoms. The van der Waals surface area contributed by atoms with E-state index in [2.05, 4.69) is 39.7 Å². The van der Waals surface area contributed by atoms with Gasteiger partial charge < -0.3 is 15.4 Å². The van der Waals surface area contributed by atoms with Crippen molar-refractivity contribution in [1.82, 2.24) is 9.97 Å². The zero-order valence-corrected chi connectivity index (χ0v) is 12.8. The molecule has 0 amide bonds. The molecular weight excluding hydrogens is 264 g/mol. The van der Waals surface area contributed by atoms with Gasteiger partial charge in [-0.1, -0.05) is 25.1 Å². The average molecular weight is 286 g/mol. The van der Waals surface area contributed by atoms with E-state index in [0.29, 0.717) is 19.1 Å². The average Bonchev–Trinajstić information content (AvgIpc) is 2.47. The van der Waals surface area contributed by atoms with Gasteiger partial charge in [-0.25, -0.2) is 4.98 Å². The van der Waals surface area contributed by atoms with Crippen LogP contribution in [0.25, 0.3) is 0 Å². The Labute approximate surface area is 125 Å². The van der Waals surface area contributed by atoms with E-state index in [1.165, 1.54) is 5.56 Å². The molecule has 1 aromatic heterocycles. The Morgan fingerprint density at radius 2 is 2.00 bits per heavy atom.